The van der Waals surface area contributed by atoms with E-state index < -0.39 is 0 Å². The molecular formula is C20H19NO5. The monoisotopic (exact) mass is 353 g/mol. The molecule has 0 radical (unpaired) electrons. The zero-order valence-corrected chi connectivity index (χ0v) is 14.6. The molecule has 0 atom stereocenters. The van der Waals surface area contributed by atoms with Gasteiger partial charge in [0.15, 0.2) is 11.5 Å². The highest BCUT2D eigenvalue weighted by atomic mass is 16.5. The molecule has 134 valence electrons. The van der Waals surface area contributed by atoms with Crippen molar-refractivity contribution >= 4 is 18.1 Å². The molecule has 0 fully saturated rings. The van der Waals surface area contributed by atoms with Gasteiger partial charge in [0.2, 0.25) is 0 Å². The average Bonchev–Trinajstić information content (AvgIpc) is 2.87. The fourth-order valence-electron chi connectivity index (χ4n) is 2.75. The van der Waals surface area contributed by atoms with Crippen molar-refractivity contribution in [3.8, 4) is 11.5 Å². The van der Waals surface area contributed by atoms with Crippen molar-refractivity contribution < 1.29 is 23.9 Å². The number of hydrogen-bond donors (Lipinski definition) is 0. The lowest BCUT2D eigenvalue weighted by molar-refractivity contribution is 0.0630. The standard InChI is InChI=1S/C20H19NO5/c1-13(2)26-17-8-7-14(12-22)11-18(17)25-10-9-21-19(23)15-5-3-4-6-16(15)20(21)24/h3-8,11-13H,9-10H2,1-2H3. The number of carbonyl (C=O) groups is 3. The van der Waals surface area contributed by atoms with Crippen LogP contribution in [0, 0.1) is 0 Å². The second-order valence-corrected chi connectivity index (χ2v) is 6.15. The summed E-state index contributed by atoms with van der Waals surface area (Å²) in [4.78, 5) is 36.8. The first-order chi connectivity index (χ1) is 12.5. The number of ether oxygens (including phenoxy) is 2. The van der Waals surface area contributed by atoms with Gasteiger partial charge in [0, 0.05) is 5.56 Å². The Hall–Kier alpha value is -3.15. The molecule has 1 aliphatic rings. The van der Waals surface area contributed by atoms with Crippen LogP contribution in [-0.2, 0) is 0 Å². The number of fused-ring (bicyclic) bond motifs is 1. The van der Waals surface area contributed by atoms with Gasteiger partial charge in [0.1, 0.15) is 12.9 Å². The SMILES string of the molecule is CC(C)Oc1ccc(C=O)cc1OCCN1C(=O)c2ccccc2C1=O. The summed E-state index contributed by atoms with van der Waals surface area (Å²) in [6, 6.07) is 11.6. The third-order valence-corrected chi connectivity index (χ3v) is 3.92. The highest BCUT2D eigenvalue weighted by Gasteiger charge is 2.34. The molecular weight excluding hydrogens is 334 g/mol. The van der Waals surface area contributed by atoms with Crippen LogP contribution in [0.1, 0.15) is 44.9 Å². The Morgan fingerprint density at radius 3 is 2.23 bits per heavy atom. The second-order valence-electron chi connectivity index (χ2n) is 6.15. The summed E-state index contributed by atoms with van der Waals surface area (Å²) in [5.41, 5.74) is 1.27. The molecule has 6 heteroatoms. The maximum atomic E-state index is 12.3. The molecule has 6 nitrogen and oxygen atoms in total. The molecule has 1 heterocycles. The van der Waals surface area contributed by atoms with Crippen LogP contribution >= 0.6 is 0 Å². The molecule has 1 aliphatic heterocycles. The van der Waals surface area contributed by atoms with E-state index in [4.69, 9.17) is 9.47 Å². The lowest BCUT2D eigenvalue weighted by Crippen LogP contribution is -2.33. The molecule has 2 aromatic rings. The van der Waals surface area contributed by atoms with E-state index >= 15 is 0 Å². The molecule has 3 rings (SSSR count). The Labute approximate surface area is 151 Å². The maximum absolute atomic E-state index is 12.3. The Kier molecular flexibility index (Phi) is 5.02. The van der Waals surface area contributed by atoms with E-state index in [-0.39, 0.29) is 31.1 Å². The summed E-state index contributed by atoms with van der Waals surface area (Å²) in [7, 11) is 0. The van der Waals surface area contributed by atoms with Crippen molar-refractivity contribution in [1.29, 1.82) is 0 Å². The number of nitrogens with zero attached hydrogens (tertiary/aromatic N) is 1. The van der Waals surface area contributed by atoms with Crippen LogP contribution in [0.4, 0.5) is 0 Å². The van der Waals surface area contributed by atoms with Crippen LogP contribution in [0.2, 0.25) is 0 Å². The number of rotatable bonds is 7. The Balaban J connectivity index is 1.70. The van der Waals surface area contributed by atoms with E-state index in [9.17, 15) is 14.4 Å². The molecule has 0 spiro atoms. The van der Waals surface area contributed by atoms with Gasteiger partial charge < -0.3 is 9.47 Å². The summed E-state index contributed by atoms with van der Waals surface area (Å²) in [5.74, 6) is 0.261. The van der Waals surface area contributed by atoms with Crippen LogP contribution in [0.3, 0.4) is 0 Å². The van der Waals surface area contributed by atoms with Crippen LogP contribution in [0.15, 0.2) is 42.5 Å². The zero-order chi connectivity index (χ0) is 18.7. The van der Waals surface area contributed by atoms with Crippen molar-refractivity contribution in [2.75, 3.05) is 13.2 Å². The Morgan fingerprint density at radius 1 is 1.00 bits per heavy atom. The van der Waals surface area contributed by atoms with Gasteiger partial charge in [-0.25, -0.2) is 0 Å². The van der Waals surface area contributed by atoms with Crippen molar-refractivity contribution in [2.24, 2.45) is 0 Å². The minimum absolute atomic E-state index is 0.0596. The van der Waals surface area contributed by atoms with E-state index in [1.54, 1.807) is 42.5 Å². The summed E-state index contributed by atoms with van der Waals surface area (Å²) < 4.78 is 11.4. The molecule has 0 N–H and O–H groups in total. The summed E-state index contributed by atoms with van der Waals surface area (Å²) in [6.07, 6.45) is 0.659. The van der Waals surface area contributed by atoms with E-state index in [1.165, 1.54) is 0 Å². The van der Waals surface area contributed by atoms with Gasteiger partial charge >= 0.3 is 0 Å². The molecule has 2 amide bonds. The van der Waals surface area contributed by atoms with Crippen molar-refractivity contribution in [1.82, 2.24) is 4.90 Å². The molecule has 2 aromatic carbocycles. The smallest absolute Gasteiger partial charge is 0.261 e. The zero-order valence-electron chi connectivity index (χ0n) is 14.6. The first kappa shape index (κ1) is 17.7. The normalized spacial score (nSPS) is 13.1. The molecule has 26 heavy (non-hydrogen) atoms. The number of hydrogen-bond acceptors (Lipinski definition) is 5. The van der Waals surface area contributed by atoms with Gasteiger partial charge in [-0.15, -0.1) is 0 Å². The number of carbonyl (C=O) groups excluding carboxylic acids is 3. The summed E-state index contributed by atoms with van der Waals surface area (Å²) in [5, 5.41) is 0. The Morgan fingerprint density at radius 2 is 1.65 bits per heavy atom. The predicted molar refractivity (Wildman–Crippen MR) is 94.9 cm³/mol. The van der Waals surface area contributed by atoms with Crippen molar-refractivity contribution in [3.63, 3.8) is 0 Å². The summed E-state index contributed by atoms with van der Waals surface area (Å²) >= 11 is 0. The third-order valence-electron chi connectivity index (χ3n) is 3.92. The molecule has 0 saturated carbocycles. The quantitative estimate of drug-likeness (QED) is 0.565. The third kappa shape index (κ3) is 3.44. The average molecular weight is 353 g/mol. The molecule has 0 saturated heterocycles. The van der Waals surface area contributed by atoms with Gasteiger partial charge in [-0.3, -0.25) is 19.3 Å². The topological polar surface area (TPSA) is 72.9 Å². The van der Waals surface area contributed by atoms with Crippen LogP contribution < -0.4 is 9.47 Å². The fraction of sp³-hybridized carbons (Fsp3) is 0.250. The summed E-state index contributed by atoms with van der Waals surface area (Å²) in [6.45, 7) is 3.98. The fourth-order valence-corrected chi connectivity index (χ4v) is 2.75. The van der Waals surface area contributed by atoms with Gasteiger partial charge in [-0.05, 0) is 44.2 Å². The van der Waals surface area contributed by atoms with Crippen LogP contribution in [0.5, 0.6) is 11.5 Å². The molecule has 0 unspecified atom stereocenters. The minimum atomic E-state index is -0.325. The highest BCUT2D eigenvalue weighted by molar-refractivity contribution is 6.21. The Bertz CT molecular complexity index is 824. The largest absolute Gasteiger partial charge is 0.488 e. The van der Waals surface area contributed by atoms with Gasteiger partial charge in [-0.1, -0.05) is 12.1 Å². The predicted octanol–water partition coefficient (Wildman–Crippen LogP) is 2.96. The van der Waals surface area contributed by atoms with Gasteiger partial charge in [-0.2, -0.15) is 0 Å². The van der Waals surface area contributed by atoms with Crippen molar-refractivity contribution in [2.45, 2.75) is 20.0 Å². The maximum Gasteiger partial charge on any atom is 0.261 e. The van der Waals surface area contributed by atoms with E-state index in [1.807, 2.05) is 13.8 Å². The first-order valence-corrected chi connectivity index (χ1v) is 8.35. The molecule has 0 aromatic heterocycles. The van der Waals surface area contributed by atoms with E-state index in [0.717, 1.165) is 11.2 Å². The second kappa shape index (κ2) is 7.39. The first-order valence-electron chi connectivity index (χ1n) is 8.35. The van der Waals surface area contributed by atoms with E-state index in [0.29, 0.717) is 28.2 Å². The number of aldehydes is 1. The van der Waals surface area contributed by atoms with Gasteiger partial charge in [0.25, 0.3) is 11.8 Å². The molecule has 0 aliphatic carbocycles. The van der Waals surface area contributed by atoms with Gasteiger partial charge in [0.05, 0.1) is 23.8 Å². The highest BCUT2D eigenvalue weighted by Crippen LogP contribution is 2.29. The number of benzene rings is 2. The number of amides is 2. The number of imide groups is 1. The van der Waals surface area contributed by atoms with Crippen molar-refractivity contribution in [3.05, 3.63) is 59.2 Å². The van der Waals surface area contributed by atoms with Crippen LogP contribution in [-0.4, -0.2) is 42.3 Å². The minimum Gasteiger partial charge on any atom is -0.488 e. The van der Waals surface area contributed by atoms with Crippen LogP contribution in [0.25, 0.3) is 0 Å². The lowest BCUT2D eigenvalue weighted by atomic mass is 10.1. The van der Waals surface area contributed by atoms with E-state index in [2.05, 4.69) is 0 Å². The molecule has 0 bridgehead atoms. The lowest BCUT2D eigenvalue weighted by Gasteiger charge is -2.17.